The molecule has 3 N–H and O–H groups in total. The standard InChI is InChI=1S/C18H19N3O2S/c1-23-16-10-6-5-9-15(16)11-12-17(22)20-21-18(24)19-13-14-7-3-2-4-8-14/h2-12H,13H2,1H3,(H,20,22)(H2,19,21,24). The fourth-order valence-electron chi connectivity index (χ4n) is 1.95. The van der Waals surface area contributed by atoms with Crippen molar-refractivity contribution < 1.29 is 9.53 Å². The molecule has 0 spiro atoms. The first-order valence-electron chi connectivity index (χ1n) is 7.38. The van der Waals surface area contributed by atoms with Crippen LogP contribution < -0.4 is 20.9 Å². The number of methoxy groups -OCH3 is 1. The number of para-hydroxylation sites is 1. The summed E-state index contributed by atoms with van der Waals surface area (Å²) < 4.78 is 5.22. The molecule has 1 amide bonds. The Balaban J connectivity index is 1.76. The first kappa shape index (κ1) is 17.5. The predicted octanol–water partition coefficient (Wildman–Crippen LogP) is 2.40. The van der Waals surface area contributed by atoms with Crippen molar-refractivity contribution in [1.82, 2.24) is 16.2 Å². The van der Waals surface area contributed by atoms with Gasteiger partial charge < -0.3 is 10.1 Å². The van der Waals surface area contributed by atoms with E-state index >= 15 is 0 Å². The number of rotatable bonds is 5. The monoisotopic (exact) mass is 341 g/mol. The molecule has 0 atom stereocenters. The van der Waals surface area contributed by atoms with E-state index in [-0.39, 0.29) is 5.91 Å². The molecule has 0 bridgehead atoms. The van der Waals surface area contributed by atoms with Gasteiger partial charge in [0.25, 0.3) is 5.91 Å². The number of benzene rings is 2. The molecule has 0 saturated heterocycles. The van der Waals surface area contributed by atoms with E-state index in [2.05, 4.69) is 16.2 Å². The van der Waals surface area contributed by atoms with E-state index in [4.69, 9.17) is 17.0 Å². The minimum atomic E-state index is -0.315. The van der Waals surface area contributed by atoms with E-state index in [1.165, 1.54) is 6.08 Å². The van der Waals surface area contributed by atoms with Gasteiger partial charge in [0, 0.05) is 18.2 Å². The molecule has 0 aliphatic heterocycles. The Labute approximate surface area is 146 Å². The fourth-order valence-corrected chi connectivity index (χ4v) is 2.08. The van der Waals surface area contributed by atoms with Crippen molar-refractivity contribution in [1.29, 1.82) is 0 Å². The highest BCUT2D eigenvalue weighted by atomic mass is 32.1. The average molecular weight is 341 g/mol. The van der Waals surface area contributed by atoms with Crippen LogP contribution in [0.5, 0.6) is 5.75 Å². The molecule has 0 radical (unpaired) electrons. The van der Waals surface area contributed by atoms with Crippen molar-refractivity contribution in [2.24, 2.45) is 0 Å². The molecule has 2 aromatic carbocycles. The maximum Gasteiger partial charge on any atom is 0.262 e. The zero-order valence-corrected chi connectivity index (χ0v) is 14.1. The summed E-state index contributed by atoms with van der Waals surface area (Å²) in [5, 5.41) is 3.35. The van der Waals surface area contributed by atoms with Crippen LogP contribution in [-0.4, -0.2) is 18.1 Å². The number of hydrogen-bond acceptors (Lipinski definition) is 3. The van der Waals surface area contributed by atoms with Gasteiger partial charge >= 0.3 is 0 Å². The first-order valence-corrected chi connectivity index (χ1v) is 7.78. The molecule has 0 aliphatic carbocycles. The van der Waals surface area contributed by atoms with Crippen molar-refractivity contribution in [3.63, 3.8) is 0 Å². The van der Waals surface area contributed by atoms with Crippen molar-refractivity contribution >= 4 is 29.3 Å². The second kappa shape index (κ2) is 9.32. The molecule has 0 saturated carbocycles. The van der Waals surface area contributed by atoms with E-state index in [0.29, 0.717) is 17.4 Å². The lowest BCUT2D eigenvalue weighted by Gasteiger charge is -2.10. The lowest BCUT2D eigenvalue weighted by atomic mass is 10.2. The molecule has 124 valence electrons. The average Bonchev–Trinajstić information content (AvgIpc) is 2.64. The Kier molecular flexibility index (Phi) is 6.79. The second-order valence-corrected chi connectivity index (χ2v) is 5.27. The molecule has 5 nitrogen and oxygen atoms in total. The van der Waals surface area contributed by atoms with Crippen LogP contribution in [0, 0.1) is 0 Å². The predicted molar refractivity (Wildman–Crippen MR) is 99.2 cm³/mol. The summed E-state index contributed by atoms with van der Waals surface area (Å²) in [6.45, 7) is 0.583. The van der Waals surface area contributed by atoms with Gasteiger partial charge in [-0.2, -0.15) is 0 Å². The Morgan fingerprint density at radius 3 is 2.54 bits per heavy atom. The molecule has 6 heteroatoms. The normalized spacial score (nSPS) is 10.2. The van der Waals surface area contributed by atoms with Crippen LogP contribution in [0.2, 0.25) is 0 Å². The molecule has 2 rings (SSSR count). The van der Waals surface area contributed by atoms with E-state index in [0.717, 1.165) is 11.1 Å². The Morgan fingerprint density at radius 1 is 1.08 bits per heavy atom. The number of ether oxygens (including phenoxy) is 1. The molecule has 0 aliphatic rings. The molecular weight excluding hydrogens is 322 g/mol. The largest absolute Gasteiger partial charge is 0.496 e. The van der Waals surface area contributed by atoms with Crippen LogP contribution in [0.3, 0.4) is 0 Å². The number of hydrogen-bond donors (Lipinski definition) is 3. The van der Waals surface area contributed by atoms with Crippen LogP contribution in [0.1, 0.15) is 11.1 Å². The number of carbonyl (C=O) groups excluding carboxylic acids is 1. The van der Waals surface area contributed by atoms with Crippen molar-refractivity contribution in [3.8, 4) is 5.75 Å². The van der Waals surface area contributed by atoms with Gasteiger partial charge in [0.2, 0.25) is 0 Å². The van der Waals surface area contributed by atoms with Crippen molar-refractivity contribution in [2.75, 3.05) is 7.11 Å². The van der Waals surface area contributed by atoms with Crippen LogP contribution in [-0.2, 0) is 11.3 Å². The third kappa shape index (κ3) is 5.73. The molecule has 24 heavy (non-hydrogen) atoms. The SMILES string of the molecule is COc1ccccc1C=CC(=O)NNC(=S)NCc1ccccc1. The molecule has 0 fully saturated rings. The maximum absolute atomic E-state index is 11.8. The van der Waals surface area contributed by atoms with Crippen LogP contribution in [0.15, 0.2) is 60.7 Å². The number of thiocarbonyl (C=S) groups is 1. The molecule has 0 aromatic heterocycles. The highest BCUT2D eigenvalue weighted by Gasteiger charge is 2.00. The zero-order valence-electron chi connectivity index (χ0n) is 13.3. The van der Waals surface area contributed by atoms with E-state index in [1.54, 1.807) is 13.2 Å². The molecule has 0 heterocycles. The van der Waals surface area contributed by atoms with E-state index < -0.39 is 0 Å². The van der Waals surface area contributed by atoms with E-state index in [1.807, 2.05) is 54.6 Å². The smallest absolute Gasteiger partial charge is 0.262 e. The number of nitrogens with one attached hydrogen (secondary N) is 3. The summed E-state index contributed by atoms with van der Waals surface area (Å²) >= 11 is 5.11. The summed E-state index contributed by atoms with van der Waals surface area (Å²) in [5.41, 5.74) is 7.08. The van der Waals surface area contributed by atoms with Gasteiger partial charge in [-0.25, -0.2) is 0 Å². The van der Waals surface area contributed by atoms with Crippen molar-refractivity contribution in [3.05, 3.63) is 71.8 Å². The van der Waals surface area contributed by atoms with Crippen LogP contribution in [0.4, 0.5) is 0 Å². The van der Waals surface area contributed by atoms with Gasteiger partial charge in [-0.05, 0) is 29.9 Å². The van der Waals surface area contributed by atoms with Gasteiger partial charge in [-0.1, -0.05) is 48.5 Å². The van der Waals surface area contributed by atoms with Gasteiger partial charge in [0.15, 0.2) is 5.11 Å². The topological polar surface area (TPSA) is 62.4 Å². The number of hydrazine groups is 1. The van der Waals surface area contributed by atoms with Gasteiger partial charge in [0.1, 0.15) is 5.75 Å². The number of carbonyl (C=O) groups is 1. The maximum atomic E-state index is 11.8. The lowest BCUT2D eigenvalue weighted by Crippen LogP contribution is -2.45. The van der Waals surface area contributed by atoms with Crippen LogP contribution >= 0.6 is 12.2 Å². The van der Waals surface area contributed by atoms with Gasteiger partial charge in [-0.15, -0.1) is 0 Å². The van der Waals surface area contributed by atoms with E-state index in [9.17, 15) is 4.79 Å². The molecular formula is C18H19N3O2S. The van der Waals surface area contributed by atoms with Crippen LogP contribution in [0.25, 0.3) is 6.08 Å². The van der Waals surface area contributed by atoms with Crippen molar-refractivity contribution in [2.45, 2.75) is 6.54 Å². The second-order valence-electron chi connectivity index (χ2n) is 4.86. The highest BCUT2D eigenvalue weighted by molar-refractivity contribution is 7.80. The first-order chi connectivity index (χ1) is 11.7. The number of amides is 1. The van der Waals surface area contributed by atoms with Gasteiger partial charge in [0.05, 0.1) is 7.11 Å². The summed E-state index contributed by atoms with van der Waals surface area (Å²) in [7, 11) is 1.59. The molecule has 2 aromatic rings. The summed E-state index contributed by atoms with van der Waals surface area (Å²) in [6.07, 6.45) is 3.08. The van der Waals surface area contributed by atoms with Gasteiger partial charge in [-0.3, -0.25) is 15.6 Å². The Hall–Kier alpha value is -2.86. The Morgan fingerprint density at radius 2 is 1.79 bits per heavy atom. The minimum absolute atomic E-state index is 0.315. The zero-order chi connectivity index (χ0) is 17.2. The quantitative estimate of drug-likeness (QED) is 0.443. The summed E-state index contributed by atoms with van der Waals surface area (Å²) in [5.74, 6) is 0.388. The fraction of sp³-hybridized carbons (Fsp3) is 0.111. The summed E-state index contributed by atoms with van der Waals surface area (Å²) in [4.78, 5) is 11.8. The Bertz CT molecular complexity index is 717. The third-order valence-electron chi connectivity index (χ3n) is 3.15. The lowest BCUT2D eigenvalue weighted by molar-refractivity contribution is -0.116. The third-order valence-corrected chi connectivity index (χ3v) is 3.39. The highest BCUT2D eigenvalue weighted by Crippen LogP contribution is 2.18. The minimum Gasteiger partial charge on any atom is -0.496 e. The molecule has 0 unspecified atom stereocenters. The summed E-state index contributed by atoms with van der Waals surface area (Å²) in [6, 6.07) is 17.3.